The summed E-state index contributed by atoms with van der Waals surface area (Å²) in [6.45, 7) is 0. The van der Waals surface area contributed by atoms with Crippen LogP contribution in [-0.2, 0) is 30.3 Å². The van der Waals surface area contributed by atoms with Gasteiger partial charge in [0.1, 0.15) is 17.1 Å². The van der Waals surface area contributed by atoms with Gasteiger partial charge >= 0.3 is 5.97 Å². The molecule has 1 aliphatic carbocycles. The number of rotatable bonds is 7. The van der Waals surface area contributed by atoms with E-state index in [4.69, 9.17) is 16.3 Å². The van der Waals surface area contributed by atoms with Gasteiger partial charge < -0.3 is 25.0 Å². The number of allylic oxidation sites excluding steroid dienone is 2. The maximum Gasteiger partial charge on any atom is 0.341 e. The molecule has 0 unspecified atom stereocenters. The first-order chi connectivity index (χ1) is 13.7. The fraction of sp³-hybridized carbons (Fsp3) is 0.263. The van der Waals surface area contributed by atoms with E-state index in [1.54, 1.807) is 0 Å². The monoisotopic (exact) mass is 423 g/mol. The number of nitrogens with one attached hydrogen (secondary N) is 1. The molecular weight excluding hydrogens is 406 g/mol. The van der Waals surface area contributed by atoms with Crippen LogP contribution in [0.25, 0.3) is 0 Å². The summed E-state index contributed by atoms with van der Waals surface area (Å²) in [6.07, 6.45) is 2.08. The van der Waals surface area contributed by atoms with Gasteiger partial charge in [0, 0.05) is 24.6 Å². The van der Waals surface area contributed by atoms with Crippen LogP contribution in [0.4, 0.5) is 0 Å². The molecule has 1 amide bonds. The second-order valence-electron chi connectivity index (χ2n) is 5.97. The van der Waals surface area contributed by atoms with Crippen LogP contribution in [0.2, 0.25) is 5.02 Å². The molecule has 0 saturated carbocycles. The first kappa shape index (κ1) is 22.0. The number of amides is 1. The Balaban J connectivity index is 2.06. The number of phenolic OH excluding ortho intramolecular Hbond substituents is 2. The van der Waals surface area contributed by atoms with E-state index in [-0.39, 0.29) is 46.9 Å². The predicted molar refractivity (Wildman–Crippen MR) is 100 cm³/mol. The normalized spacial score (nSPS) is 13.5. The van der Waals surface area contributed by atoms with Crippen LogP contribution in [0.5, 0.6) is 11.5 Å². The third-order valence-electron chi connectivity index (χ3n) is 4.08. The molecule has 3 N–H and O–H groups in total. The lowest BCUT2D eigenvalue weighted by Crippen LogP contribution is -2.30. The Hall–Kier alpha value is -3.33. The van der Waals surface area contributed by atoms with Gasteiger partial charge in [-0.1, -0.05) is 11.6 Å². The minimum Gasteiger partial charge on any atom is -0.507 e. The molecule has 154 valence electrons. The number of carbonyl (C=O) groups excluding carboxylic acids is 4. The van der Waals surface area contributed by atoms with Crippen molar-refractivity contribution in [3.05, 3.63) is 45.8 Å². The fourth-order valence-corrected chi connectivity index (χ4v) is 2.93. The molecule has 2 rings (SSSR count). The molecule has 0 aromatic heterocycles. The van der Waals surface area contributed by atoms with Crippen molar-refractivity contribution in [1.82, 2.24) is 5.32 Å². The molecule has 0 saturated heterocycles. The summed E-state index contributed by atoms with van der Waals surface area (Å²) >= 11 is 6.03. The summed E-state index contributed by atoms with van der Waals surface area (Å²) in [5.74, 6) is -3.57. The highest BCUT2D eigenvalue weighted by Gasteiger charge is 2.24. The molecule has 10 heteroatoms. The number of ether oxygens (including phenoxy) is 2. The largest absolute Gasteiger partial charge is 0.507 e. The van der Waals surface area contributed by atoms with Gasteiger partial charge in [0.2, 0.25) is 17.5 Å². The van der Waals surface area contributed by atoms with Crippen LogP contribution < -0.4 is 5.32 Å². The Labute approximate surface area is 170 Å². The number of esters is 1. The van der Waals surface area contributed by atoms with E-state index in [0.717, 1.165) is 25.3 Å². The van der Waals surface area contributed by atoms with E-state index in [2.05, 4.69) is 10.1 Å². The summed E-state index contributed by atoms with van der Waals surface area (Å²) in [5, 5.41) is 21.9. The Morgan fingerprint density at radius 1 is 1.10 bits per heavy atom. The molecule has 29 heavy (non-hydrogen) atoms. The first-order valence-electron chi connectivity index (χ1n) is 8.37. The SMILES string of the molecule is COC(=O)c1c(O)cc(O)c(Cl)c1CCCC(=O)NC1=CC(=O)C(OC)=CC1=O. The summed E-state index contributed by atoms with van der Waals surface area (Å²) in [7, 11) is 2.38. The van der Waals surface area contributed by atoms with Crippen molar-refractivity contribution in [1.29, 1.82) is 0 Å². The smallest absolute Gasteiger partial charge is 0.341 e. The Morgan fingerprint density at radius 2 is 1.79 bits per heavy atom. The number of methoxy groups -OCH3 is 2. The molecule has 0 heterocycles. The summed E-state index contributed by atoms with van der Waals surface area (Å²) in [4.78, 5) is 47.6. The predicted octanol–water partition coefficient (Wildman–Crippen LogP) is 1.54. The number of hydrogen-bond acceptors (Lipinski definition) is 8. The molecular formula is C19H18ClNO8. The molecule has 0 radical (unpaired) electrons. The number of hydrogen-bond donors (Lipinski definition) is 3. The van der Waals surface area contributed by atoms with Crippen molar-refractivity contribution < 1.29 is 38.9 Å². The molecule has 9 nitrogen and oxygen atoms in total. The van der Waals surface area contributed by atoms with Crippen LogP contribution in [0.15, 0.2) is 29.7 Å². The van der Waals surface area contributed by atoms with E-state index in [1.807, 2.05) is 0 Å². The van der Waals surface area contributed by atoms with Crippen LogP contribution in [0, 0.1) is 0 Å². The lowest BCUT2D eigenvalue weighted by molar-refractivity contribution is -0.122. The van der Waals surface area contributed by atoms with Gasteiger partial charge in [-0.05, 0) is 18.4 Å². The maximum absolute atomic E-state index is 12.1. The highest BCUT2D eigenvalue weighted by molar-refractivity contribution is 6.33. The van der Waals surface area contributed by atoms with Crippen molar-refractivity contribution in [3.8, 4) is 11.5 Å². The van der Waals surface area contributed by atoms with Gasteiger partial charge in [0.15, 0.2) is 5.76 Å². The van der Waals surface area contributed by atoms with Crippen molar-refractivity contribution in [2.75, 3.05) is 14.2 Å². The Bertz CT molecular complexity index is 948. The van der Waals surface area contributed by atoms with Gasteiger partial charge in [-0.3, -0.25) is 14.4 Å². The lowest BCUT2D eigenvalue weighted by Gasteiger charge is -2.14. The van der Waals surface area contributed by atoms with E-state index in [9.17, 15) is 29.4 Å². The van der Waals surface area contributed by atoms with E-state index in [0.29, 0.717) is 0 Å². The highest BCUT2D eigenvalue weighted by atomic mass is 35.5. The first-order valence-corrected chi connectivity index (χ1v) is 8.74. The van der Waals surface area contributed by atoms with Gasteiger partial charge in [-0.15, -0.1) is 0 Å². The number of phenols is 2. The second kappa shape index (κ2) is 9.24. The number of ketones is 2. The maximum atomic E-state index is 12.1. The quantitative estimate of drug-likeness (QED) is 0.443. The number of carbonyl (C=O) groups is 4. The van der Waals surface area contributed by atoms with E-state index >= 15 is 0 Å². The third-order valence-corrected chi connectivity index (χ3v) is 4.50. The average Bonchev–Trinajstić information content (AvgIpc) is 2.67. The molecule has 1 aromatic carbocycles. The third kappa shape index (κ3) is 4.94. The van der Waals surface area contributed by atoms with Gasteiger partial charge in [0.05, 0.1) is 24.9 Å². The van der Waals surface area contributed by atoms with Gasteiger partial charge in [0.25, 0.3) is 0 Å². The minimum atomic E-state index is -0.846. The molecule has 0 aliphatic heterocycles. The number of benzene rings is 1. The van der Waals surface area contributed by atoms with Gasteiger partial charge in [-0.25, -0.2) is 4.79 Å². The van der Waals surface area contributed by atoms with Crippen LogP contribution >= 0.6 is 11.6 Å². The molecule has 1 aromatic rings. The molecule has 1 aliphatic rings. The fourth-order valence-electron chi connectivity index (χ4n) is 2.69. The van der Waals surface area contributed by atoms with Crippen LogP contribution in [-0.4, -0.2) is 47.9 Å². The zero-order valence-corrected chi connectivity index (χ0v) is 16.3. The minimum absolute atomic E-state index is 0.0539. The van der Waals surface area contributed by atoms with E-state index in [1.165, 1.54) is 7.11 Å². The molecule has 0 fully saturated rings. The number of halogens is 1. The highest BCUT2D eigenvalue weighted by Crippen LogP contribution is 2.37. The summed E-state index contributed by atoms with van der Waals surface area (Å²) < 4.78 is 9.36. The van der Waals surface area contributed by atoms with Crippen LogP contribution in [0.1, 0.15) is 28.8 Å². The van der Waals surface area contributed by atoms with E-state index < -0.39 is 34.9 Å². The molecule has 0 bridgehead atoms. The van der Waals surface area contributed by atoms with Crippen molar-refractivity contribution in [2.24, 2.45) is 0 Å². The Morgan fingerprint density at radius 3 is 2.41 bits per heavy atom. The second-order valence-corrected chi connectivity index (χ2v) is 6.35. The average molecular weight is 424 g/mol. The van der Waals surface area contributed by atoms with Crippen molar-refractivity contribution in [2.45, 2.75) is 19.3 Å². The molecule has 0 atom stereocenters. The van der Waals surface area contributed by atoms with Crippen molar-refractivity contribution in [3.63, 3.8) is 0 Å². The summed E-state index contributed by atoms with van der Waals surface area (Å²) in [5.41, 5.74) is -0.257. The number of aromatic hydroxyl groups is 2. The lowest BCUT2D eigenvalue weighted by atomic mass is 9.99. The topological polar surface area (TPSA) is 139 Å². The molecule has 0 spiro atoms. The van der Waals surface area contributed by atoms with Crippen molar-refractivity contribution >= 4 is 35.0 Å². The van der Waals surface area contributed by atoms with Crippen LogP contribution in [0.3, 0.4) is 0 Å². The zero-order valence-electron chi connectivity index (χ0n) is 15.6. The Kier molecular flexibility index (Phi) is 7.00. The zero-order chi connectivity index (χ0) is 21.7. The standard InChI is InChI=1S/C19H18ClNO8/c1-28-15-8-11(22)10(6-12(15)23)21-16(26)5-3-4-9-17(19(27)29-2)13(24)7-14(25)18(9)20/h6-8,24-25H,3-5H2,1-2H3,(H,21,26). The summed E-state index contributed by atoms with van der Waals surface area (Å²) in [6, 6.07) is 0.921. The van der Waals surface area contributed by atoms with Gasteiger partial charge in [-0.2, -0.15) is 0 Å².